The fourth-order valence-electron chi connectivity index (χ4n) is 2.70. The third-order valence-corrected chi connectivity index (χ3v) is 3.70. The number of aromatic nitrogens is 2. The van der Waals surface area contributed by atoms with Crippen LogP contribution in [0.2, 0.25) is 0 Å². The monoisotopic (exact) mass is 251 g/mol. The van der Waals surface area contributed by atoms with E-state index in [0.29, 0.717) is 24.4 Å². The van der Waals surface area contributed by atoms with Gasteiger partial charge in [-0.15, -0.1) is 0 Å². The molecule has 0 amide bonds. The van der Waals surface area contributed by atoms with Crippen LogP contribution < -0.4 is 10.5 Å². The standard InChI is InChI=1S/C13H21N3O2/c1-3-16-12(11(18-2)9-15-16)10(17)8-13(14)6-4-5-7-13/h9H,3-8,14H2,1-2H3. The lowest BCUT2D eigenvalue weighted by molar-refractivity contribution is 0.0938. The summed E-state index contributed by atoms with van der Waals surface area (Å²) in [4.78, 5) is 12.4. The molecule has 0 radical (unpaired) electrons. The Bertz CT molecular complexity index is 412. The summed E-state index contributed by atoms with van der Waals surface area (Å²) < 4.78 is 6.88. The molecule has 2 N–H and O–H groups in total. The van der Waals surface area contributed by atoms with Crippen LogP contribution in [0, 0.1) is 0 Å². The Balaban J connectivity index is 2.20. The van der Waals surface area contributed by atoms with Crippen molar-refractivity contribution in [3.05, 3.63) is 11.9 Å². The number of aryl methyl sites for hydroxylation is 1. The molecule has 0 saturated heterocycles. The van der Waals surface area contributed by atoms with E-state index in [1.54, 1.807) is 18.0 Å². The smallest absolute Gasteiger partial charge is 0.186 e. The summed E-state index contributed by atoms with van der Waals surface area (Å²) in [5, 5.41) is 4.15. The molecular weight excluding hydrogens is 230 g/mol. The normalized spacial score (nSPS) is 17.9. The van der Waals surface area contributed by atoms with Gasteiger partial charge in [-0.3, -0.25) is 9.48 Å². The zero-order valence-corrected chi connectivity index (χ0v) is 11.1. The molecule has 1 heterocycles. The number of rotatable bonds is 5. The summed E-state index contributed by atoms with van der Waals surface area (Å²) in [6.07, 6.45) is 6.08. The van der Waals surface area contributed by atoms with Gasteiger partial charge >= 0.3 is 0 Å². The van der Waals surface area contributed by atoms with Gasteiger partial charge in [0.25, 0.3) is 0 Å². The molecule has 1 aliphatic carbocycles. The minimum Gasteiger partial charge on any atom is -0.493 e. The maximum Gasteiger partial charge on any atom is 0.186 e. The first-order chi connectivity index (χ1) is 8.59. The number of hydrogen-bond acceptors (Lipinski definition) is 4. The molecule has 1 saturated carbocycles. The molecule has 1 aromatic heterocycles. The van der Waals surface area contributed by atoms with Crippen molar-refractivity contribution in [1.82, 2.24) is 9.78 Å². The average molecular weight is 251 g/mol. The summed E-state index contributed by atoms with van der Waals surface area (Å²) in [5.74, 6) is 0.582. The molecule has 0 aliphatic heterocycles. The van der Waals surface area contributed by atoms with E-state index < -0.39 is 0 Å². The number of methoxy groups -OCH3 is 1. The van der Waals surface area contributed by atoms with Crippen LogP contribution >= 0.6 is 0 Å². The van der Waals surface area contributed by atoms with E-state index in [0.717, 1.165) is 25.7 Å². The first kappa shape index (κ1) is 13.1. The molecule has 100 valence electrons. The van der Waals surface area contributed by atoms with Crippen LogP contribution in [0.5, 0.6) is 5.75 Å². The molecule has 1 aromatic rings. The average Bonchev–Trinajstić information content (AvgIpc) is 2.94. The van der Waals surface area contributed by atoms with E-state index in [1.807, 2.05) is 6.92 Å². The number of hydrogen-bond donors (Lipinski definition) is 1. The summed E-state index contributed by atoms with van der Waals surface area (Å²) in [6.45, 7) is 2.61. The maximum absolute atomic E-state index is 12.4. The molecule has 0 unspecified atom stereocenters. The maximum atomic E-state index is 12.4. The van der Waals surface area contributed by atoms with Crippen molar-refractivity contribution in [3.8, 4) is 5.75 Å². The topological polar surface area (TPSA) is 70.1 Å². The molecule has 18 heavy (non-hydrogen) atoms. The van der Waals surface area contributed by atoms with Gasteiger partial charge in [0.15, 0.2) is 11.5 Å². The summed E-state index contributed by atoms with van der Waals surface area (Å²) in [6, 6.07) is 0. The van der Waals surface area contributed by atoms with Gasteiger partial charge < -0.3 is 10.5 Å². The van der Waals surface area contributed by atoms with E-state index in [4.69, 9.17) is 10.5 Å². The SMILES string of the molecule is CCn1ncc(OC)c1C(=O)CC1(N)CCCC1. The summed E-state index contributed by atoms with van der Waals surface area (Å²) in [7, 11) is 1.56. The fraction of sp³-hybridized carbons (Fsp3) is 0.692. The second kappa shape index (κ2) is 5.10. The number of carbonyl (C=O) groups is 1. The van der Waals surface area contributed by atoms with Gasteiger partial charge in [-0.1, -0.05) is 12.8 Å². The number of ether oxygens (including phenoxy) is 1. The Hall–Kier alpha value is -1.36. The Morgan fingerprint density at radius 1 is 1.56 bits per heavy atom. The number of nitrogens with zero attached hydrogens (tertiary/aromatic N) is 2. The largest absolute Gasteiger partial charge is 0.493 e. The highest BCUT2D eigenvalue weighted by molar-refractivity contribution is 5.97. The van der Waals surface area contributed by atoms with E-state index in [2.05, 4.69) is 5.10 Å². The van der Waals surface area contributed by atoms with Crippen molar-refractivity contribution in [3.63, 3.8) is 0 Å². The van der Waals surface area contributed by atoms with Crippen LogP contribution in [0.15, 0.2) is 6.20 Å². The molecule has 2 rings (SSSR count). The molecular formula is C13H21N3O2. The number of carbonyl (C=O) groups excluding carboxylic acids is 1. The lowest BCUT2D eigenvalue weighted by atomic mass is 9.91. The summed E-state index contributed by atoms with van der Waals surface area (Å²) in [5.41, 5.74) is 6.48. The van der Waals surface area contributed by atoms with Gasteiger partial charge in [-0.2, -0.15) is 5.10 Å². The highest BCUT2D eigenvalue weighted by Gasteiger charge is 2.33. The zero-order chi connectivity index (χ0) is 13.2. The Morgan fingerprint density at radius 2 is 2.22 bits per heavy atom. The highest BCUT2D eigenvalue weighted by atomic mass is 16.5. The van der Waals surface area contributed by atoms with E-state index in [-0.39, 0.29) is 11.3 Å². The van der Waals surface area contributed by atoms with E-state index >= 15 is 0 Å². The van der Waals surface area contributed by atoms with Gasteiger partial charge in [0, 0.05) is 18.5 Å². The van der Waals surface area contributed by atoms with Crippen molar-refractivity contribution in [2.75, 3.05) is 7.11 Å². The third kappa shape index (κ3) is 2.41. The first-order valence-corrected chi connectivity index (χ1v) is 6.51. The van der Waals surface area contributed by atoms with Crippen molar-refractivity contribution >= 4 is 5.78 Å². The molecule has 5 nitrogen and oxygen atoms in total. The lowest BCUT2D eigenvalue weighted by Gasteiger charge is -2.22. The third-order valence-electron chi connectivity index (χ3n) is 3.70. The number of nitrogens with two attached hydrogens (primary N) is 1. The molecule has 1 aliphatic rings. The quantitative estimate of drug-likeness (QED) is 0.809. The van der Waals surface area contributed by atoms with Crippen molar-refractivity contribution in [2.24, 2.45) is 5.73 Å². The predicted molar refractivity (Wildman–Crippen MR) is 68.8 cm³/mol. The Morgan fingerprint density at radius 3 is 2.78 bits per heavy atom. The molecule has 0 atom stereocenters. The second-order valence-electron chi connectivity index (χ2n) is 5.05. The minimum atomic E-state index is -0.328. The van der Waals surface area contributed by atoms with Crippen LogP contribution in [0.4, 0.5) is 0 Å². The van der Waals surface area contributed by atoms with E-state index in [1.165, 1.54) is 0 Å². The van der Waals surface area contributed by atoms with Gasteiger partial charge in [0.05, 0.1) is 13.3 Å². The van der Waals surface area contributed by atoms with Gasteiger partial charge in [0.2, 0.25) is 0 Å². The van der Waals surface area contributed by atoms with Crippen LogP contribution in [0.3, 0.4) is 0 Å². The fourth-order valence-corrected chi connectivity index (χ4v) is 2.70. The van der Waals surface area contributed by atoms with Gasteiger partial charge in [-0.25, -0.2) is 0 Å². The second-order valence-corrected chi connectivity index (χ2v) is 5.05. The highest BCUT2D eigenvalue weighted by Crippen LogP contribution is 2.32. The number of ketones is 1. The zero-order valence-electron chi connectivity index (χ0n) is 11.1. The van der Waals surface area contributed by atoms with Crippen molar-refractivity contribution < 1.29 is 9.53 Å². The lowest BCUT2D eigenvalue weighted by Crippen LogP contribution is -2.39. The van der Waals surface area contributed by atoms with Gasteiger partial charge in [-0.05, 0) is 19.8 Å². The van der Waals surface area contributed by atoms with Crippen molar-refractivity contribution in [1.29, 1.82) is 0 Å². The van der Waals surface area contributed by atoms with Crippen LogP contribution in [0.1, 0.15) is 49.5 Å². The molecule has 5 heteroatoms. The summed E-state index contributed by atoms with van der Waals surface area (Å²) >= 11 is 0. The first-order valence-electron chi connectivity index (χ1n) is 6.51. The molecule has 0 bridgehead atoms. The predicted octanol–water partition coefficient (Wildman–Crippen LogP) is 1.76. The molecule has 0 aromatic carbocycles. The minimum absolute atomic E-state index is 0.0376. The van der Waals surface area contributed by atoms with Crippen LogP contribution in [0.25, 0.3) is 0 Å². The Kier molecular flexibility index (Phi) is 3.71. The number of Topliss-reactive ketones (excluding diaryl/α,β-unsaturated/α-hetero) is 1. The molecule has 1 fully saturated rings. The van der Waals surface area contributed by atoms with Gasteiger partial charge in [0.1, 0.15) is 5.69 Å². The van der Waals surface area contributed by atoms with Crippen LogP contribution in [-0.2, 0) is 6.54 Å². The van der Waals surface area contributed by atoms with Crippen LogP contribution in [-0.4, -0.2) is 28.2 Å². The molecule has 0 spiro atoms. The van der Waals surface area contributed by atoms with E-state index in [9.17, 15) is 4.79 Å². The van der Waals surface area contributed by atoms with Crippen molar-refractivity contribution in [2.45, 2.75) is 51.1 Å². The Labute approximate surface area is 107 Å².